The summed E-state index contributed by atoms with van der Waals surface area (Å²) in [6.07, 6.45) is 5.36. The van der Waals surface area contributed by atoms with Gasteiger partial charge in [-0.2, -0.15) is 0 Å². The van der Waals surface area contributed by atoms with E-state index in [1.54, 1.807) is 28.4 Å². The van der Waals surface area contributed by atoms with Gasteiger partial charge < -0.3 is 24.8 Å². The van der Waals surface area contributed by atoms with Gasteiger partial charge in [-0.1, -0.05) is 59.1 Å². The number of aryl methyl sites for hydroxylation is 1. The minimum Gasteiger partial charge on any atom is -0.496 e. The molecule has 0 aliphatic carbocycles. The highest BCUT2D eigenvalue weighted by molar-refractivity contribution is 5.92. The first-order valence-corrected chi connectivity index (χ1v) is 13.5. The second-order valence-electron chi connectivity index (χ2n) is 10.7. The molecule has 0 fully saturated rings. The van der Waals surface area contributed by atoms with Crippen molar-refractivity contribution in [2.24, 2.45) is 0 Å². The lowest BCUT2D eigenvalue weighted by Crippen LogP contribution is -2.21. The zero-order chi connectivity index (χ0) is 28.3. The normalized spacial score (nSPS) is 12.0. The molecule has 38 heavy (non-hydrogen) atoms. The third-order valence-corrected chi connectivity index (χ3v) is 6.85. The molecule has 0 aliphatic heterocycles. The predicted molar refractivity (Wildman–Crippen MR) is 154 cm³/mol. The zero-order valence-corrected chi connectivity index (χ0v) is 24.5. The summed E-state index contributed by atoms with van der Waals surface area (Å²) in [6, 6.07) is 9.87. The molecule has 2 N–H and O–H groups in total. The number of unbranched alkanes of at least 4 members (excludes halogenated alkanes) is 2. The molecule has 1 unspecified atom stereocenters. The molecule has 7 nitrogen and oxygen atoms in total. The first-order chi connectivity index (χ1) is 18.1. The fourth-order valence-electron chi connectivity index (χ4n) is 4.69. The van der Waals surface area contributed by atoms with Crippen molar-refractivity contribution in [2.45, 2.75) is 84.0 Å². The van der Waals surface area contributed by atoms with E-state index >= 15 is 0 Å². The van der Waals surface area contributed by atoms with E-state index in [0.29, 0.717) is 36.5 Å². The highest BCUT2D eigenvalue weighted by Gasteiger charge is 2.25. The Kier molecular flexibility index (Phi) is 11.9. The van der Waals surface area contributed by atoms with Crippen LogP contribution in [0.25, 0.3) is 0 Å². The maximum Gasteiger partial charge on any atom is 0.224 e. The molecule has 0 aromatic heterocycles. The Bertz CT molecular complexity index is 1070. The van der Waals surface area contributed by atoms with Gasteiger partial charge in [0.05, 0.1) is 21.3 Å². The van der Waals surface area contributed by atoms with Crippen molar-refractivity contribution >= 4 is 17.5 Å². The number of hydrogen-bond donors (Lipinski definition) is 2. The third-order valence-electron chi connectivity index (χ3n) is 6.85. The van der Waals surface area contributed by atoms with Gasteiger partial charge in [-0.25, -0.2) is 0 Å². The summed E-state index contributed by atoms with van der Waals surface area (Å²) in [5.74, 6) is 1.78. The molecule has 0 saturated heterocycles. The highest BCUT2D eigenvalue weighted by atomic mass is 16.5. The van der Waals surface area contributed by atoms with E-state index in [2.05, 4.69) is 44.4 Å². The predicted octanol–water partition coefficient (Wildman–Crippen LogP) is 6.38. The van der Waals surface area contributed by atoms with Gasteiger partial charge in [0.15, 0.2) is 11.5 Å². The Morgan fingerprint density at radius 1 is 0.895 bits per heavy atom. The first kappa shape index (κ1) is 31.0. The maximum absolute atomic E-state index is 13.5. The van der Waals surface area contributed by atoms with E-state index in [0.717, 1.165) is 48.1 Å². The molecular formula is C31H46N2O5. The molecule has 7 heteroatoms. The lowest BCUT2D eigenvalue weighted by molar-refractivity contribution is -0.120. The van der Waals surface area contributed by atoms with Crippen molar-refractivity contribution in [1.29, 1.82) is 0 Å². The van der Waals surface area contributed by atoms with E-state index in [4.69, 9.17) is 14.2 Å². The van der Waals surface area contributed by atoms with Crippen LogP contribution in [0.2, 0.25) is 0 Å². The Morgan fingerprint density at radius 2 is 1.55 bits per heavy atom. The van der Waals surface area contributed by atoms with Gasteiger partial charge >= 0.3 is 0 Å². The number of carbonyl (C=O) groups excluding carboxylic acids is 2. The Balaban J connectivity index is 2.38. The van der Waals surface area contributed by atoms with Gasteiger partial charge in [0.1, 0.15) is 5.75 Å². The van der Waals surface area contributed by atoms with Crippen molar-refractivity contribution in [3.05, 3.63) is 47.0 Å². The van der Waals surface area contributed by atoms with Gasteiger partial charge in [0.25, 0.3) is 0 Å². The van der Waals surface area contributed by atoms with Crippen molar-refractivity contribution in [1.82, 2.24) is 5.32 Å². The topological polar surface area (TPSA) is 85.9 Å². The van der Waals surface area contributed by atoms with Crippen LogP contribution in [-0.2, 0) is 21.4 Å². The lowest BCUT2D eigenvalue weighted by atomic mass is 9.84. The van der Waals surface area contributed by atoms with Crippen LogP contribution in [0.4, 0.5) is 5.69 Å². The number of hydrogen-bond acceptors (Lipinski definition) is 5. The Morgan fingerprint density at radius 3 is 2.13 bits per heavy atom. The smallest absolute Gasteiger partial charge is 0.224 e. The number of ether oxygens (including phenoxy) is 3. The van der Waals surface area contributed by atoms with Crippen LogP contribution in [0, 0.1) is 0 Å². The molecule has 1 atom stereocenters. The van der Waals surface area contributed by atoms with Crippen LogP contribution >= 0.6 is 0 Å². The number of carbonyl (C=O) groups is 2. The lowest BCUT2D eigenvalue weighted by Gasteiger charge is -2.25. The molecule has 2 rings (SSSR count). The number of benzene rings is 2. The number of rotatable bonds is 14. The average Bonchev–Trinajstić information content (AvgIpc) is 2.89. The zero-order valence-electron chi connectivity index (χ0n) is 24.5. The summed E-state index contributed by atoms with van der Waals surface area (Å²) in [4.78, 5) is 25.3. The van der Waals surface area contributed by atoms with Crippen molar-refractivity contribution in [3.8, 4) is 17.2 Å². The van der Waals surface area contributed by atoms with Crippen LogP contribution in [0.1, 0.15) is 88.8 Å². The largest absolute Gasteiger partial charge is 0.496 e. The molecule has 0 aliphatic rings. The summed E-state index contributed by atoms with van der Waals surface area (Å²) >= 11 is 0. The molecule has 2 aromatic carbocycles. The summed E-state index contributed by atoms with van der Waals surface area (Å²) in [7, 11) is 6.48. The molecule has 2 aromatic rings. The second kappa shape index (κ2) is 14.6. The van der Waals surface area contributed by atoms with Crippen LogP contribution < -0.4 is 24.8 Å². The van der Waals surface area contributed by atoms with Gasteiger partial charge in [0, 0.05) is 37.2 Å². The fraction of sp³-hybridized carbons (Fsp3) is 0.548. The summed E-state index contributed by atoms with van der Waals surface area (Å²) < 4.78 is 16.7. The van der Waals surface area contributed by atoms with Gasteiger partial charge in [-0.3, -0.25) is 9.59 Å². The van der Waals surface area contributed by atoms with Crippen LogP contribution in [0.3, 0.4) is 0 Å². The number of anilines is 1. The standard InChI is InChI=1S/C31H46N2O5/c1-9-10-11-12-22(23-19-27(37-7)28(38-8)20-26(23)36-6)18-30(35)33-25-17-21(14-16-29(34)32-5)13-15-24(25)31(2,3)4/h13,15,17,19-20,22H,9-12,14,16,18H2,1-8H3,(H,32,34)(H,33,35). The van der Waals surface area contributed by atoms with E-state index < -0.39 is 0 Å². The molecule has 2 amide bonds. The molecule has 0 heterocycles. The monoisotopic (exact) mass is 526 g/mol. The number of nitrogens with one attached hydrogen (secondary N) is 2. The van der Waals surface area contributed by atoms with Gasteiger partial charge in [-0.15, -0.1) is 0 Å². The van der Waals surface area contributed by atoms with Crippen LogP contribution in [-0.4, -0.2) is 40.2 Å². The maximum atomic E-state index is 13.5. The third kappa shape index (κ3) is 8.67. The Labute approximate surface area is 228 Å². The van der Waals surface area contributed by atoms with Gasteiger partial charge in [0.2, 0.25) is 11.8 Å². The van der Waals surface area contributed by atoms with Crippen LogP contribution in [0.15, 0.2) is 30.3 Å². The average molecular weight is 527 g/mol. The first-order valence-electron chi connectivity index (χ1n) is 13.5. The Hall–Kier alpha value is -3.22. The molecule has 0 spiro atoms. The SMILES string of the molecule is CCCCCC(CC(=O)Nc1cc(CCC(=O)NC)ccc1C(C)(C)C)c1cc(OC)c(OC)cc1OC. The van der Waals surface area contributed by atoms with Crippen LogP contribution in [0.5, 0.6) is 17.2 Å². The second-order valence-corrected chi connectivity index (χ2v) is 10.7. The van der Waals surface area contributed by atoms with Crippen molar-refractivity contribution < 1.29 is 23.8 Å². The minimum atomic E-state index is -0.158. The minimum absolute atomic E-state index is 0.00530. The highest BCUT2D eigenvalue weighted by Crippen LogP contribution is 2.41. The molecule has 0 radical (unpaired) electrons. The van der Waals surface area contributed by atoms with E-state index in [9.17, 15) is 9.59 Å². The number of amides is 2. The number of methoxy groups -OCH3 is 3. The van der Waals surface area contributed by atoms with E-state index in [1.807, 2.05) is 24.3 Å². The molecule has 210 valence electrons. The van der Waals surface area contributed by atoms with E-state index in [1.165, 1.54) is 0 Å². The quantitative estimate of drug-likeness (QED) is 0.279. The summed E-state index contributed by atoms with van der Waals surface area (Å²) in [5.41, 5.74) is 3.64. The molecular weight excluding hydrogens is 480 g/mol. The van der Waals surface area contributed by atoms with Crippen molar-refractivity contribution in [2.75, 3.05) is 33.7 Å². The van der Waals surface area contributed by atoms with Gasteiger partial charge in [-0.05, 0) is 47.4 Å². The fourth-order valence-corrected chi connectivity index (χ4v) is 4.69. The molecule has 0 saturated carbocycles. The molecule has 0 bridgehead atoms. The van der Waals surface area contributed by atoms with Crippen molar-refractivity contribution in [3.63, 3.8) is 0 Å². The van der Waals surface area contributed by atoms with E-state index in [-0.39, 0.29) is 23.1 Å². The summed E-state index contributed by atoms with van der Waals surface area (Å²) in [5, 5.41) is 5.87. The summed E-state index contributed by atoms with van der Waals surface area (Å²) in [6.45, 7) is 8.56.